The summed E-state index contributed by atoms with van der Waals surface area (Å²) < 4.78 is 16.9. The van der Waals surface area contributed by atoms with Gasteiger partial charge in [-0.15, -0.1) is 24.0 Å². The van der Waals surface area contributed by atoms with Gasteiger partial charge in [-0.2, -0.15) is 0 Å². The Morgan fingerprint density at radius 2 is 2.04 bits per heavy atom. The molecule has 2 heterocycles. The summed E-state index contributed by atoms with van der Waals surface area (Å²) in [5.41, 5.74) is 1.04. The highest BCUT2D eigenvalue weighted by atomic mass is 127. The van der Waals surface area contributed by atoms with Crippen molar-refractivity contribution in [1.82, 2.24) is 10.2 Å². The largest absolute Gasteiger partial charge is 0.486 e. The smallest absolute Gasteiger partial charge is 0.193 e. The van der Waals surface area contributed by atoms with Crippen molar-refractivity contribution in [2.24, 2.45) is 4.99 Å². The zero-order valence-corrected chi connectivity index (χ0v) is 18.4. The SMILES string of the molecule is CCOC1CCN(C(=NC)NCc2cc(Cl)c3c(c2)OCCO3)CC1.I. The lowest BCUT2D eigenvalue weighted by atomic mass is 10.1. The van der Waals surface area contributed by atoms with Gasteiger partial charge in [0.25, 0.3) is 0 Å². The predicted molar refractivity (Wildman–Crippen MR) is 114 cm³/mol. The van der Waals surface area contributed by atoms with E-state index in [1.165, 1.54) is 0 Å². The number of nitrogens with zero attached hydrogens (tertiary/aromatic N) is 2. The van der Waals surface area contributed by atoms with Crippen molar-refractivity contribution in [2.75, 3.05) is 40.0 Å². The van der Waals surface area contributed by atoms with Crippen molar-refractivity contribution < 1.29 is 14.2 Å². The number of hydrogen-bond acceptors (Lipinski definition) is 4. The molecule has 146 valence electrons. The van der Waals surface area contributed by atoms with E-state index in [2.05, 4.69) is 15.2 Å². The number of rotatable bonds is 4. The highest BCUT2D eigenvalue weighted by Crippen LogP contribution is 2.38. The Kier molecular flexibility index (Phi) is 8.56. The molecule has 1 saturated heterocycles. The van der Waals surface area contributed by atoms with E-state index in [-0.39, 0.29) is 24.0 Å². The predicted octanol–water partition coefficient (Wildman–Crippen LogP) is 3.31. The molecule has 1 N–H and O–H groups in total. The first-order chi connectivity index (χ1) is 12.2. The number of likely N-dealkylation sites (tertiary alicyclic amines) is 1. The Bertz CT molecular complexity index is 622. The molecule has 2 aliphatic rings. The molecule has 6 nitrogen and oxygen atoms in total. The summed E-state index contributed by atoms with van der Waals surface area (Å²) in [7, 11) is 1.81. The van der Waals surface area contributed by atoms with E-state index in [0.29, 0.717) is 42.4 Å². The highest BCUT2D eigenvalue weighted by Gasteiger charge is 2.22. The lowest BCUT2D eigenvalue weighted by Gasteiger charge is -2.34. The molecule has 1 aromatic rings. The molecule has 0 saturated carbocycles. The van der Waals surface area contributed by atoms with E-state index >= 15 is 0 Å². The fraction of sp³-hybridized carbons (Fsp3) is 0.611. The summed E-state index contributed by atoms with van der Waals surface area (Å²) in [4.78, 5) is 6.68. The van der Waals surface area contributed by atoms with Gasteiger partial charge in [-0.25, -0.2) is 0 Å². The van der Waals surface area contributed by atoms with E-state index < -0.39 is 0 Å². The Morgan fingerprint density at radius 3 is 2.73 bits per heavy atom. The molecule has 1 fully saturated rings. The lowest BCUT2D eigenvalue weighted by Crippen LogP contribution is -2.46. The Hall–Kier alpha value is -0.930. The fourth-order valence-electron chi connectivity index (χ4n) is 3.25. The molecule has 3 rings (SSSR count). The number of fused-ring (bicyclic) bond motifs is 1. The van der Waals surface area contributed by atoms with Crippen molar-refractivity contribution >= 4 is 41.5 Å². The minimum absolute atomic E-state index is 0. The van der Waals surface area contributed by atoms with E-state index in [0.717, 1.165) is 44.1 Å². The third-order valence-corrected chi connectivity index (χ3v) is 4.74. The second kappa shape index (κ2) is 10.4. The quantitative estimate of drug-likeness (QED) is 0.395. The normalized spacial score (nSPS) is 17.7. The van der Waals surface area contributed by atoms with Crippen LogP contribution in [0.5, 0.6) is 11.5 Å². The zero-order valence-electron chi connectivity index (χ0n) is 15.3. The molecule has 0 radical (unpaired) electrons. The second-order valence-corrected chi connectivity index (χ2v) is 6.55. The Labute approximate surface area is 177 Å². The van der Waals surface area contributed by atoms with Crippen LogP contribution in [0.4, 0.5) is 0 Å². The van der Waals surface area contributed by atoms with E-state index in [9.17, 15) is 0 Å². The second-order valence-electron chi connectivity index (χ2n) is 6.14. The maximum Gasteiger partial charge on any atom is 0.193 e. The van der Waals surface area contributed by atoms with Crippen LogP contribution in [-0.4, -0.2) is 56.9 Å². The summed E-state index contributed by atoms with van der Waals surface area (Å²) in [6, 6.07) is 3.89. The monoisotopic (exact) mass is 495 g/mol. The first kappa shape index (κ1) is 21.4. The molecule has 0 aliphatic carbocycles. The van der Waals surface area contributed by atoms with E-state index in [4.69, 9.17) is 25.8 Å². The van der Waals surface area contributed by atoms with E-state index in [1.54, 1.807) is 0 Å². The number of guanidine groups is 1. The molecule has 1 aromatic carbocycles. The summed E-state index contributed by atoms with van der Waals surface area (Å²) >= 11 is 6.30. The van der Waals surface area contributed by atoms with Crippen LogP contribution in [0.15, 0.2) is 17.1 Å². The maximum absolute atomic E-state index is 6.30. The number of piperidine rings is 1. The van der Waals surface area contributed by atoms with Crippen molar-refractivity contribution in [2.45, 2.75) is 32.4 Å². The van der Waals surface area contributed by atoms with Crippen LogP contribution in [0.3, 0.4) is 0 Å². The summed E-state index contributed by atoms with van der Waals surface area (Å²) in [6.45, 7) is 6.45. The molecule has 0 unspecified atom stereocenters. The standard InChI is InChI=1S/C18H26ClN3O3.HI/c1-3-23-14-4-6-22(7-5-14)18(20-2)21-12-13-10-15(19)17-16(11-13)24-8-9-25-17;/h10-11,14H,3-9,12H2,1-2H3,(H,20,21);1H. The molecule has 0 bridgehead atoms. The molecule has 0 atom stereocenters. The number of benzene rings is 1. The van der Waals surface area contributed by atoms with Gasteiger partial charge in [0, 0.05) is 33.3 Å². The van der Waals surface area contributed by atoms with Gasteiger partial charge >= 0.3 is 0 Å². The van der Waals surface area contributed by atoms with Gasteiger partial charge in [-0.3, -0.25) is 4.99 Å². The lowest BCUT2D eigenvalue weighted by molar-refractivity contribution is 0.0263. The van der Waals surface area contributed by atoms with Crippen LogP contribution in [-0.2, 0) is 11.3 Å². The van der Waals surface area contributed by atoms with Crippen molar-refractivity contribution in [1.29, 1.82) is 0 Å². The van der Waals surface area contributed by atoms with Crippen LogP contribution in [0.25, 0.3) is 0 Å². The van der Waals surface area contributed by atoms with Crippen molar-refractivity contribution in [3.63, 3.8) is 0 Å². The van der Waals surface area contributed by atoms with Gasteiger partial charge in [0.1, 0.15) is 13.2 Å². The first-order valence-electron chi connectivity index (χ1n) is 8.86. The topological polar surface area (TPSA) is 55.3 Å². The molecular weight excluding hydrogens is 469 g/mol. The summed E-state index contributed by atoms with van der Waals surface area (Å²) in [5.74, 6) is 2.25. The number of aliphatic imine (C=N–C) groups is 1. The van der Waals surface area contributed by atoms with E-state index in [1.807, 2.05) is 26.1 Å². The highest BCUT2D eigenvalue weighted by molar-refractivity contribution is 14.0. The fourth-order valence-corrected chi connectivity index (χ4v) is 3.54. The molecular formula is C18H27ClIN3O3. The van der Waals surface area contributed by atoms with Crippen LogP contribution in [0.2, 0.25) is 5.02 Å². The first-order valence-corrected chi connectivity index (χ1v) is 9.24. The molecule has 0 spiro atoms. The minimum atomic E-state index is 0. The van der Waals surface area contributed by atoms with Gasteiger partial charge in [0.2, 0.25) is 0 Å². The van der Waals surface area contributed by atoms with Crippen LogP contribution < -0.4 is 14.8 Å². The van der Waals surface area contributed by atoms with Crippen molar-refractivity contribution in [3.8, 4) is 11.5 Å². The molecule has 8 heteroatoms. The number of nitrogens with one attached hydrogen (secondary N) is 1. The maximum atomic E-state index is 6.30. The molecule has 2 aliphatic heterocycles. The Balaban J connectivity index is 0.00000243. The van der Waals surface area contributed by atoms with Gasteiger partial charge in [-0.1, -0.05) is 11.6 Å². The molecule has 0 aromatic heterocycles. The average molecular weight is 496 g/mol. The van der Waals surface area contributed by atoms with Gasteiger partial charge < -0.3 is 24.4 Å². The number of halogens is 2. The van der Waals surface area contributed by atoms with Gasteiger partial charge in [-0.05, 0) is 37.5 Å². The third kappa shape index (κ3) is 5.29. The minimum Gasteiger partial charge on any atom is -0.486 e. The van der Waals surface area contributed by atoms with Crippen LogP contribution in [0, 0.1) is 0 Å². The third-order valence-electron chi connectivity index (χ3n) is 4.46. The van der Waals surface area contributed by atoms with Gasteiger partial charge in [0.05, 0.1) is 11.1 Å². The van der Waals surface area contributed by atoms with Gasteiger partial charge in [0.15, 0.2) is 17.5 Å². The van der Waals surface area contributed by atoms with Crippen LogP contribution >= 0.6 is 35.6 Å². The molecule has 0 amide bonds. The average Bonchev–Trinajstić information content (AvgIpc) is 2.64. The number of hydrogen-bond donors (Lipinski definition) is 1. The Morgan fingerprint density at radius 1 is 1.31 bits per heavy atom. The molecule has 26 heavy (non-hydrogen) atoms. The van der Waals surface area contributed by atoms with Crippen LogP contribution in [0.1, 0.15) is 25.3 Å². The van der Waals surface area contributed by atoms with Crippen molar-refractivity contribution in [3.05, 3.63) is 22.7 Å². The number of ether oxygens (including phenoxy) is 3. The zero-order chi connectivity index (χ0) is 17.6. The summed E-state index contributed by atoms with van der Waals surface area (Å²) in [6.07, 6.45) is 2.44. The summed E-state index contributed by atoms with van der Waals surface area (Å²) in [5, 5.41) is 4.00.